The minimum Gasteiger partial charge on any atom is -0.355 e. The minimum atomic E-state index is -0.802. The van der Waals surface area contributed by atoms with Gasteiger partial charge in [-0.25, -0.2) is 13.8 Å². The number of hydrogen-bond acceptors (Lipinski definition) is 2. The monoisotopic (exact) mass is 329 g/mol. The first-order valence-corrected chi connectivity index (χ1v) is 7.65. The predicted octanol–water partition coefficient (Wildman–Crippen LogP) is 3.51. The summed E-state index contributed by atoms with van der Waals surface area (Å²) in [6.45, 7) is 3.83. The Labute approximate surface area is 138 Å². The highest BCUT2D eigenvalue weighted by Crippen LogP contribution is 2.30. The van der Waals surface area contributed by atoms with Crippen LogP contribution in [-0.2, 0) is 6.42 Å². The number of rotatable bonds is 3. The molecule has 0 aliphatic rings. The number of aryl methyl sites for hydroxylation is 2. The summed E-state index contributed by atoms with van der Waals surface area (Å²) in [5.41, 5.74) is 2.36. The fraction of sp³-hybridized carbons (Fsp3) is 0.222. The third-order valence-electron chi connectivity index (χ3n) is 3.98. The van der Waals surface area contributed by atoms with Gasteiger partial charge in [-0.05, 0) is 43.2 Å². The molecular weight excluding hydrogens is 312 g/mol. The largest absolute Gasteiger partial charge is 0.355 e. The summed E-state index contributed by atoms with van der Waals surface area (Å²) >= 11 is 0. The van der Waals surface area contributed by atoms with Gasteiger partial charge in [0.1, 0.15) is 17.3 Å². The minimum absolute atomic E-state index is 0.0612. The summed E-state index contributed by atoms with van der Waals surface area (Å²) in [6, 6.07) is 5.84. The molecular formula is C18H17F2N3O. The van der Waals surface area contributed by atoms with Gasteiger partial charge in [-0.3, -0.25) is 4.79 Å². The molecule has 24 heavy (non-hydrogen) atoms. The van der Waals surface area contributed by atoms with Crippen molar-refractivity contribution in [2.45, 2.75) is 20.3 Å². The highest BCUT2D eigenvalue weighted by Gasteiger charge is 2.22. The van der Waals surface area contributed by atoms with Gasteiger partial charge in [0.25, 0.3) is 5.91 Å². The predicted molar refractivity (Wildman–Crippen MR) is 88.0 cm³/mol. The number of fused-ring (bicyclic) bond motifs is 1. The maximum atomic E-state index is 14.5. The molecule has 1 N–H and O–H groups in total. The Balaban J connectivity index is 2.26. The molecule has 1 amide bonds. The summed E-state index contributed by atoms with van der Waals surface area (Å²) in [4.78, 5) is 16.0. The van der Waals surface area contributed by atoms with E-state index in [9.17, 15) is 13.6 Å². The third kappa shape index (κ3) is 2.54. The van der Waals surface area contributed by atoms with E-state index >= 15 is 0 Å². The van der Waals surface area contributed by atoms with E-state index < -0.39 is 17.5 Å². The van der Waals surface area contributed by atoms with E-state index in [-0.39, 0.29) is 16.8 Å². The number of nitrogens with one attached hydrogen (secondary N) is 1. The fourth-order valence-electron chi connectivity index (χ4n) is 2.81. The molecule has 3 aromatic rings. The molecule has 3 rings (SSSR count). The van der Waals surface area contributed by atoms with Crippen molar-refractivity contribution in [2.24, 2.45) is 0 Å². The number of amides is 1. The van der Waals surface area contributed by atoms with Gasteiger partial charge in [0.15, 0.2) is 0 Å². The number of carbonyl (C=O) groups excluding carboxylic acids is 1. The van der Waals surface area contributed by atoms with Crippen molar-refractivity contribution in [3.8, 4) is 11.3 Å². The van der Waals surface area contributed by atoms with Gasteiger partial charge >= 0.3 is 0 Å². The number of aromatic nitrogens is 2. The first kappa shape index (κ1) is 16.1. The Morgan fingerprint density at radius 3 is 2.50 bits per heavy atom. The lowest BCUT2D eigenvalue weighted by Crippen LogP contribution is -2.18. The first-order chi connectivity index (χ1) is 11.5. The summed E-state index contributed by atoms with van der Waals surface area (Å²) in [5, 5.41) is 2.35. The molecule has 2 aromatic heterocycles. The summed E-state index contributed by atoms with van der Waals surface area (Å²) in [5.74, 6) is -2.15. The van der Waals surface area contributed by atoms with E-state index in [2.05, 4.69) is 10.3 Å². The average Bonchev–Trinajstić information content (AvgIpc) is 2.90. The van der Waals surface area contributed by atoms with Crippen LogP contribution in [0.15, 0.2) is 30.5 Å². The van der Waals surface area contributed by atoms with E-state index in [4.69, 9.17) is 0 Å². The lowest BCUT2D eigenvalue weighted by atomic mass is 10.0. The molecule has 0 aliphatic carbocycles. The molecule has 6 heteroatoms. The van der Waals surface area contributed by atoms with Crippen molar-refractivity contribution >= 4 is 11.6 Å². The smallest absolute Gasteiger partial charge is 0.251 e. The Morgan fingerprint density at radius 1 is 1.25 bits per heavy atom. The summed E-state index contributed by atoms with van der Waals surface area (Å²) in [7, 11) is 1.41. The number of hydrogen-bond donors (Lipinski definition) is 1. The molecule has 0 aliphatic heterocycles. The van der Waals surface area contributed by atoms with Crippen molar-refractivity contribution in [2.75, 3.05) is 7.05 Å². The van der Waals surface area contributed by atoms with Crippen LogP contribution < -0.4 is 5.32 Å². The summed E-state index contributed by atoms with van der Waals surface area (Å²) in [6.07, 6.45) is 2.41. The van der Waals surface area contributed by atoms with Crippen molar-refractivity contribution < 1.29 is 13.6 Å². The van der Waals surface area contributed by atoms with Crippen LogP contribution in [0.5, 0.6) is 0 Å². The molecule has 1 aromatic carbocycles. The van der Waals surface area contributed by atoms with Gasteiger partial charge < -0.3 is 9.72 Å². The average molecular weight is 329 g/mol. The van der Waals surface area contributed by atoms with Crippen LogP contribution in [0.3, 0.4) is 0 Å². The molecule has 0 saturated heterocycles. The molecule has 0 spiro atoms. The Hall–Kier alpha value is -2.76. The van der Waals surface area contributed by atoms with Gasteiger partial charge in [0.05, 0.1) is 17.0 Å². The maximum absolute atomic E-state index is 14.5. The number of halogens is 2. The first-order valence-electron chi connectivity index (χ1n) is 7.65. The van der Waals surface area contributed by atoms with Crippen LogP contribution in [0, 0.1) is 18.6 Å². The number of carbonyl (C=O) groups is 1. The molecule has 0 fully saturated rings. The van der Waals surface area contributed by atoms with Crippen molar-refractivity contribution in [1.29, 1.82) is 0 Å². The number of nitrogens with zero attached hydrogens (tertiary/aromatic N) is 2. The maximum Gasteiger partial charge on any atom is 0.251 e. The molecule has 0 saturated carbocycles. The highest BCUT2D eigenvalue weighted by atomic mass is 19.1. The Morgan fingerprint density at radius 2 is 1.92 bits per heavy atom. The molecule has 0 radical (unpaired) electrons. The topological polar surface area (TPSA) is 46.4 Å². The standard InChI is InChI=1S/C18H17F2N3O/c1-4-14-17(22-15-7-10(2)5-6-23(14)15)16-12(19)8-11(9-13(16)20)18(24)21-3/h5-9H,4H2,1-3H3,(H,21,24). The van der Waals surface area contributed by atoms with E-state index in [0.717, 1.165) is 23.4 Å². The molecule has 4 nitrogen and oxygen atoms in total. The molecule has 0 atom stereocenters. The van der Waals surface area contributed by atoms with Crippen LogP contribution in [0.1, 0.15) is 28.5 Å². The zero-order valence-corrected chi connectivity index (χ0v) is 13.7. The molecule has 124 valence electrons. The van der Waals surface area contributed by atoms with Gasteiger partial charge in [0.2, 0.25) is 0 Å². The van der Waals surface area contributed by atoms with E-state index in [0.29, 0.717) is 12.1 Å². The number of pyridine rings is 1. The second-order valence-electron chi connectivity index (χ2n) is 5.59. The SMILES string of the molecule is CCc1c(-c2c(F)cc(C(=O)NC)cc2F)nc2cc(C)ccn12. The lowest BCUT2D eigenvalue weighted by Gasteiger charge is -2.08. The zero-order valence-electron chi connectivity index (χ0n) is 13.7. The Bertz CT molecular complexity index is 924. The zero-order chi connectivity index (χ0) is 17.4. The van der Waals surface area contributed by atoms with Crippen molar-refractivity contribution in [3.05, 3.63) is 58.9 Å². The van der Waals surface area contributed by atoms with Gasteiger partial charge in [-0.15, -0.1) is 0 Å². The number of imidazole rings is 1. The second-order valence-corrected chi connectivity index (χ2v) is 5.59. The van der Waals surface area contributed by atoms with Crippen LogP contribution >= 0.6 is 0 Å². The molecule has 0 unspecified atom stereocenters. The lowest BCUT2D eigenvalue weighted by molar-refractivity contribution is 0.0962. The van der Waals surface area contributed by atoms with Crippen LogP contribution in [0.2, 0.25) is 0 Å². The Kier molecular flexibility index (Phi) is 4.05. The van der Waals surface area contributed by atoms with Crippen molar-refractivity contribution in [1.82, 2.24) is 14.7 Å². The molecule has 0 bridgehead atoms. The fourth-order valence-corrected chi connectivity index (χ4v) is 2.81. The van der Waals surface area contributed by atoms with Gasteiger partial charge in [-0.2, -0.15) is 0 Å². The normalized spacial score (nSPS) is 11.0. The van der Waals surface area contributed by atoms with Crippen LogP contribution in [0.25, 0.3) is 16.9 Å². The van der Waals surface area contributed by atoms with Crippen LogP contribution in [0.4, 0.5) is 8.78 Å². The second kappa shape index (κ2) is 6.03. The quantitative estimate of drug-likeness (QED) is 0.799. The number of benzene rings is 1. The third-order valence-corrected chi connectivity index (χ3v) is 3.98. The van der Waals surface area contributed by atoms with E-state index in [1.54, 1.807) is 0 Å². The van der Waals surface area contributed by atoms with E-state index in [1.807, 2.05) is 36.6 Å². The highest BCUT2D eigenvalue weighted by molar-refractivity contribution is 5.94. The van der Waals surface area contributed by atoms with Crippen molar-refractivity contribution in [3.63, 3.8) is 0 Å². The molecule has 2 heterocycles. The van der Waals surface area contributed by atoms with Crippen LogP contribution in [-0.4, -0.2) is 22.3 Å². The summed E-state index contributed by atoms with van der Waals surface area (Å²) < 4.78 is 30.9. The van der Waals surface area contributed by atoms with E-state index in [1.165, 1.54) is 7.05 Å². The van der Waals surface area contributed by atoms with Gasteiger partial charge in [0, 0.05) is 18.8 Å². The van der Waals surface area contributed by atoms with Gasteiger partial charge in [-0.1, -0.05) is 6.92 Å².